The molecule has 120 valence electrons. The van der Waals surface area contributed by atoms with Crippen LogP contribution < -0.4 is 5.32 Å². The van der Waals surface area contributed by atoms with E-state index < -0.39 is 0 Å². The summed E-state index contributed by atoms with van der Waals surface area (Å²) in [7, 11) is 0. The van der Waals surface area contributed by atoms with E-state index in [1.807, 2.05) is 17.9 Å². The van der Waals surface area contributed by atoms with Gasteiger partial charge in [0, 0.05) is 25.3 Å². The Morgan fingerprint density at radius 1 is 1.32 bits per heavy atom. The van der Waals surface area contributed by atoms with Crippen molar-refractivity contribution >= 4 is 6.03 Å². The van der Waals surface area contributed by atoms with Crippen LogP contribution in [0.2, 0.25) is 0 Å². The molecule has 0 aromatic carbocycles. The third-order valence-electron chi connectivity index (χ3n) is 4.56. The number of hydrogen-bond donors (Lipinski definition) is 1. The fourth-order valence-corrected chi connectivity index (χ4v) is 3.43. The van der Waals surface area contributed by atoms with Crippen molar-refractivity contribution in [3.63, 3.8) is 0 Å². The summed E-state index contributed by atoms with van der Waals surface area (Å²) >= 11 is 0. The van der Waals surface area contributed by atoms with Gasteiger partial charge in [-0.15, -0.1) is 0 Å². The first-order valence-corrected chi connectivity index (χ1v) is 8.28. The molecule has 3 heterocycles. The van der Waals surface area contributed by atoms with E-state index in [9.17, 15) is 4.79 Å². The predicted octanol–water partition coefficient (Wildman–Crippen LogP) is 1.55. The highest BCUT2D eigenvalue weighted by atomic mass is 16.2. The predicted molar refractivity (Wildman–Crippen MR) is 84.4 cm³/mol. The van der Waals surface area contributed by atoms with Crippen LogP contribution in [0.5, 0.6) is 0 Å². The summed E-state index contributed by atoms with van der Waals surface area (Å²) in [5, 5.41) is 3.00. The van der Waals surface area contributed by atoms with Crippen LogP contribution in [0.4, 0.5) is 4.79 Å². The fraction of sp³-hybridized carbons (Fsp3) is 0.688. The molecule has 3 rings (SSSR count). The van der Waals surface area contributed by atoms with Crippen molar-refractivity contribution in [3.8, 4) is 0 Å². The fourth-order valence-electron chi connectivity index (χ4n) is 3.43. The van der Waals surface area contributed by atoms with E-state index in [4.69, 9.17) is 0 Å². The van der Waals surface area contributed by atoms with Crippen LogP contribution in [-0.2, 0) is 6.54 Å². The van der Waals surface area contributed by atoms with Crippen molar-refractivity contribution in [2.45, 2.75) is 45.2 Å². The summed E-state index contributed by atoms with van der Waals surface area (Å²) in [6.45, 7) is 6.60. The summed E-state index contributed by atoms with van der Waals surface area (Å²) in [5.41, 5.74) is 0.858. The van der Waals surface area contributed by atoms with Crippen molar-refractivity contribution in [1.82, 2.24) is 25.1 Å². The molecule has 2 fully saturated rings. The van der Waals surface area contributed by atoms with Crippen LogP contribution in [-0.4, -0.2) is 58.0 Å². The standard InChI is InChI=1S/C16H25N5O/c1-13-17-7-6-14(19-13)11-18-16(22)21-10-4-5-15(21)12-20-8-2-3-9-20/h6-7,15H,2-5,8-12H2,1H3,(H,18,22). The van der Waals surface area contributed by atoms with E-state index in [0.29, 0.717) is 12.6 Å². The first kappa shape index (κ1) is 15.2. The number of aromatic nitrogens is 2. The largest absolute Gasteiger partial charge is 0.332 e. The van der Waals surface area contributed by atoms with Gasteiger partial charge in [-0.2, -0.15) is 0 Å². The van der Waals surface area contributed by atoms with E-state index in [-0.39, 0.29) is 6.03 Å². The van der Waals surface area contributed by atoms with E-state index in [0.717, 1.165) is 37.4 Å². The van der Waals surface area contributed by atoms with Gasteiger partial charge in [0.15, 0.2) is 0 Å². The Morgan fingerprint density at radius 2 is 2.14 bits per heavy atom. The molecule has 0 aliphatic carbocycles. The Bertz CT molecular complexity index is 515. The van der Waals surface area contributed by atoms with E-state index in [1.165, 1.54) is 25.9 Å². The molecule has 2 aliphatic heterocycles. The highest BCUT2D eigenvalue weighted by Gasteiger charge is 2.30. The zero-order valence-electron chi connectivity index (χ0n) is 13.3. The SMILES string of the molecule is Cc1nccc(CNC(=O)N2CCCC2CN2CCCC2)n1. The molecule has 1 N–H and O–H groups in total. The first-order chi connectivity index (χ1) is 10.7. The van der Waals surface area contributed by atoms with Crippen LogP contribution in [0.3, 0.4) is 0 Å². The van der Waals surface area contributed by atoms with Gasteiger partial charge in [0.25, 0.3) is 0 Å². The lowest BCUT2D eigenvalue weighted by Gasteiger charge is -2.28. The number of aryl methyl sites for hydroxylation is 1. The number of nitrogens with zero attached hydrogens (tertiary/aromatic N) is 4. The first-order valence-electron chi connectivity index (χ1n) is 8.28. The number of rotatable bonds is 4. The average Bonchev–Trinajstić information content (AvgIpc) is 3.17. The summed E-state index contributed by atoms with van der Waals surface area (Å²) < 4.78 is 0. The second-order valence-electron chi connectivity index (χ2n) is 6.25. The Morgan fingerprint density at radius 3 is 2.91 bits per heavy atom. The van der Waals surface area contributed by atoms with Crippen LogP contribution in [0.1, 0.15) is 37.2 Å². The molecular weight excluding hydrogens is 278 g/mol. The smallest absolute Gasteiger partial charge is 0.318 e. The molecule has 0 spiro atoms. The maximum atomic E-state index is 12.4. The highest BCUT2D eigenvalue weighted by molar-refractivity contribution is 5.74. The van der Waals surface area contributed by atoms with Crippen LogP contribution in [0, 0.1) is 6.92 Å². The molecule has 0 bridgehead atoms. The Labute approximate surface area is 131 Å². The van der Waals surface area contributed by atoms with Gasteiger partial charge in [-0.3, -0.25) is 0 Å². The molecule has 6 heteroatoms. The lowest BCUT2D eigenvalue weighted by molar-refractivity contribution is 0.174. The van der Waals surface area contributed by atoms with Crippen LogP contribution >= 0.6 is 0 Å². The third-order valence-corrected chi connectivity index (χ3v) is 4.56. The zero-order chi connectivity index (χ0) is 15.4. The molecule has 2 aliphatic rings. The van der Waals surface area contributed by atoms with Crippen molar-refractivity contribution in [1.29, 1.82) is 0 Å². The summed E-state index contributed by atoms with van der Waals surface area (Å²) in [5.74, 6) is 0.736. The molecule has 22 heavy (non-hydrogen) atoms. The lowest BCUT2D eigenvalue weighted by Crippen LogP contribution is -2.46. The molecule has 0 saturated carbocycles. The molecule has 1 aromatic rings. The maximum Gasteiger partial charge on any atom is 0.318 e. The van der Waals surface area contributed by atoms with Gasteiger partial charge in [0.1, 0.15) is 5.82 Å². The van der Waals surface area contributed by atoms with Gasteiger partial charge < -0.3 is 15.1 Å². The molecule has 2 saturated heterocycles. The van der Waals surface area contributed by atoms with Crippen LogP contribution in [0.25, 0.3) is 0 Å². The minimum atomic E-state index is 0.0398. The second-order valence-corrected chi connectivity index (χ2v) is 6.25. The van der Waals surface area contributed by atoms with Crippen molar-refractivity contribution < 1.29 is 4.79 Å². The van der Waals surface area contributed by atoms with Gasteiger partial charge in [-0.05, 0) is 51.8 Å². The van der Waals surface area contributed by atoms with E-state index >= 15 is 0 Å². The van der Waals surface area contributed by atoms with Gasteiger partial charge in [-0.25, -0.2) is 14.8 Å². The highest BCUT2D eigenvalue weighted by Crippen LogP contribution is 2.20. The molecule has 2 amide bonds. The summed E-state index contributed by atoms with van der Waals surface area (Å²) in [6, 6.07) is 2.25. The number of nitrogens with one attached hydrogen (secondary N) is 1. The lowest BCUT2D eigenvalue weighted by atomic mass is 10.2. The van der Waals surface area contributed by atoms with E-state index in [2.05, 4.69) is 20.2 Å². The quantitative estimate of drug-likeness (QED) is 0.917. The van der Waals surface area contributed by atoms with Gasteiger partial charge in [0.2, 0.25) is 0 Å². The number of amides is 2. The van der Waals surface area contributed by atoms with Gasteiger partial charge in [0.05, 0.1) is 12.2 Å². The Hall–Kier alpha value is -1.69. The monoisotopic (exact) mass is 303 g/mol. The summed E-state index contributed by atoms with van der Waals surface area (Å²) in [6.07, 6.45) is 6.56. The maximum absolute atomic E-state index is 12.4. The summed E-state index contributed by atoms with van der Waals surface area (Å²) in [4.78, 5) is 25.3. The normalized spacial score (nSPS) is 22.2. The van der Waals surface area contributed by atoms with Gasteiger partial charge in [-0.1, -0.05) is 0 Å². The molecule has 1 unspecified atom stereocenters. The number of carbonyl (C=O) groups is 1. The van der Waals surface area contributed by atoms with Crippen molar-refractivity contribution in [2.24, 2.45) is 0 Å². The van der Waals surface area contributed by atoms with Crippen LogP contribution in [0.15, 0.2) is 12.3 Å². The molecule has 6 nitrogen and oxygen atoms in total. The molecule has 1 aromatic heterocycles. The number of hydrogen-bond acceptors (Lipinski definition) is 4. The van der Waals surface area contributed by atoms with E-state index in [1.54, 1.807) is 6.20 Å². The second kappa shape index (κ2) is 7.05. The van der Waals surface area contributed by atoms with Crippen molar-refractivity contribution in [2.75, 3.05) is 26.2 Å². The minimum Gasteiger partial charge on any atom is -0.332 e. The number of urea groups is 1. The average molecular weight is 303 g/mol. The molecular formula is C16H25N5O. The Kier molecular flexibility index (Phi) is 4.87. The number of carbonyl (C=O) groups excluding carboxylic acids is 1. The molecule has 0 radical (unpaired) electrons. The minimum absolute atomic E-state index is 0.0398. The van der Waals surface area contributed by atoms with Gasteiger partial charge >= 0.3 is 6.03 Å². The third kappa shape index (κ3) is 3.74. The Balaban J connectivity index is 1.51. The zero-order valence-corrected chi connectivity index (χ0v) is 13.3. The topological polar surface area (TPSA) is 61.4 Å². The molecule has 1 atom stereocenters. The van der Waals surface area contributed by atoms with Crippen molar-refractivity contribution in [3.05, 3.63) is 23.8 Å². The number of likely N-dealkylation sites (tertiary alicyclic amines) is 2.